The quantitative estimate of drug-likeness (QED) is 0.688. The number of hydrogen-bond acceptors (Lipinski definition) is 4. The van der Waals surface area contributed by atoms with E-state index in [9.17, 15) is 13.2 Å². The molecule has 146 valence electrons. The minimum Gasteiger partial charge on any atom is -0.384 e. The van der Waals surface area contributed by atoms with Gasteiger partial charge in [0, 0.05) is 42.0 Å². The van der Waals surface area contributed by atoms with Crippen LogP contribution < -0.4 is 10.9 Å². The molecule has 4 rings (SSSR count). The van der Waals surface area contributed by atoms with Crippen molar-refractivity contribution in [2.45, 2.75) is 24.7 Å². The normalized spacial score (nSPS) is 14.4. The molecule has 1 saturated carbocycles. The molecule has 1 aliphatic rings. The summed E-state index contributed by atoms with van der Waals surface area (Å²) < 4.78 is 26.5. The van der Waals surface area contributed by atoms with E-state index in [1.165, 1.54) is 12.8 Å². The van der Waals surface area contributed by atoms with Crippen LogP contribution >= 0.6 is 0 Å². The molecule has 0 bridgehead atoms. The second kappa shape index (κ2) is 7.09. The van der Waals surface area contributed by atoms with Gasteiger partial charge in [-0.1, -0.05) is 25.1 Å². The fraction of sp³-hybridized carbons (Fsp3) is 0.318. The number of nitrogens with zero attached hydrogens (tertiary/aromatic N) is 1. The third-order valence-corrected chi connectivity index (χ3v) is 7.12. The predicted octanol–water partition coefficient (Wildman–Crippen LogP) is 3.82. The zero-order valence-electron chi connectivity index (χ0n) is 16.1. The van der Waals surface area contributed by atoms with Crippen LogP contribution in [0.2, 0.25) is 0 Å². The van der Waals surface area contributed by atoms with E-state index in [-0.39, 0.29) is 11.3 Å². The van der Waals surface area contributed by atoms with E-state index in [1.54, 1.807) is 36.9 Å². The van der Waals surface area contributed by atoms with E-state index < -0.39 is 9.84 Å². The third kappa shape index (κ3) is 3.44. The standard InChI is InChI=1S/C22H24N2O3S/c1-3-28(26,27)16-10-11-21(23-13-15-8-9-15)19(12-16)20-14-24(2)22(25)18-7-5-4-6-17(18)20/h4-7,10-12,14-15,23H,3,8-9,13H2,1-2H3. The maximum atomic E-state index is 12.5. The Morgan fingerprint density at radius 3 is 2.46 bits per heavy atom. The highest BCUT2D eigenvalue weighted by Crippen LogP contribution is 2.36. The summed E-state index contributed by atoms with van der Waals surface area (Å²) in [6, 6.07) is 12.7. The molecule has 1 aliphatic carbocycles. The molecule has 0 amide bonds. The number of hydrogen-bond donors (Lipinski definition) is 1. The van der Waals surface area contributed by atoms with Crippen molar-refractivity contribution in [2.24, 2.45) is 13.0 Å². The average Bonchev–Trinajstić information content (AvgIpc) is 3.53. The van der Waals surface area contributed by atoms with Gasteiger partial charge in [-0.25, -0.2) is 8.42 Å². The highest BCUT2D eigenvalue weighted by atomic mass is 32.2. The van der Waals surface area contributed by atoms with Gasteiger partial charge >= 0.3 is 0 Å². The van der Waals surface area contributed by atoms with Crippen LogP contribution in [0.4, 0.5) is 5.69 Å². The third-order valence-electron chi connectivity index (χ3n) is 5.39. The Morgan fingerprint density at radius 1 is 1.07 bits per heavy atom. The summed E-state index contributed by atoms with van der Waals surface area (Å²) >= 11 is 0. The predicted molar refractivity (Wildman–Crippen MR) is 114 cm³/mol. The van der Waals surface area contributed by atoms with Crippen molar-refractivity contribution < 1.29 is 8.42 Å². The number of sulfone groups is 1. The molecule has 5 nitrogen and oxygen atoms in total. The number of rotatable bonds is 6. The Kier molecular flexibility index (Phi) is 4.75. The molecule has 0 atom stereocenters. The lowest BCUT2D eigenvalue weighted by molar-refractivity contribution is 0.597. The highest BCUT2D eigenvalue weighted by Gasteiger charge is 2.22. The summed E-state index contributed by atoms with van der Waals surface area (Å²) in [6.07, 6.45) is 4.26. The summed E-state index contributed by atoms with van der Waals surface area (Å²) in [5, 5.41) is 4.94. The summed E-state index contributed by atoms with van der Waals surface area (Å²) in [5.74, 6) is 0.735. The van der Waals surface area contributed by atoms with Crippen molar-refractivity contribution >= 4 is 26.3 Å². The Labute approximate surface area is 164 Å². The molecule has 0 unspecified atom stereocenters. The van der Waals surface area contributed by atoms with Gasteiger partial charge in [0.25, 0.3) is 5.56 Å². The van der Waals surface area contributed by atoms with Crippen LogP contribution in [0.15, 0.2) is 58.4 Å². The van der Waals surface area contributed by atoms with E-state index in [0.717, 1.165) is 28.7 Å². The summed E-state index contributed by atoms with van der Waals surface area (Å²) in [7, 11) is -1.61. The second-order valence-corrected chi connectivity index (χ2v) is 9.72. The van der Waals surface area contributed by atoms with Crippen LogP contribution in [0.1, 0.15) is 19.8 Å². The molecule has 0 spiro atoms. The van der Waals surface area contributed by atoms with Crippen LogP contribution in [0.25, 0.3) is 21.9 Å². The maximum Gasteiger partial charge on any atom is 0.258 e. The fourth-order valence-corrected chi connectivity index (χ4v) is 4.37. The molecule has 1 fully saturated rings. The maximum absolute atomic E-state index is 12.5. The van der Waals surface area contributed by atoms with Crippen molar-refractivity contribution in [3.63, 3.8) is 0 Å². The topological polar surface area (TPSA) is 68.2 Å². The van der Waals surface area contributed by atoms with Crippen LogP contribution in [0.5, 0.6) is 0 Å². The first-order chi connectivity index (χ1) is 13.4. The molecular weight excluding hydrogens is 372 g/mol. The first-order valence-corrected chi connectivity index (χ1v) is 11.3. The molecule has 3 aromatic rings. The van der Waals surface area contributed by atoms with Crippen molar-refractivity contribution in [2.75, 3.05) is 17.6 Å². The summed E-state index contributed by atoms with van der Waals surface area (Å²) in [4.78, 5) is 12.8. The minimum absolute atomic E-state index is 0.0509. The number of aryl methyl sites for hydroxylation is 1. The van der Waals surface area contributed by atoms with Gasteiger partial charge in [-0.3, -0.25) is 4.79 Å². The molecule has 1 aromatic heterocycles. The zero-order chi connectivity index (χ0) is 19.9. The number of nitrogens with one attached hydrogen (secondary N) is 1. The van der Waals surface area contributed by atoms with E-state index in [2.05, 4.69) is 5.32 Å². The van der Waals surface area contributed by atoms with Crippen molar-refractivity contribution in [3.8, 4) is 11.1 Å². The molecule has 1 heterocycles. The van der Waals surface area contributed by atoms with Crippen molar-refractivity contribution in [1.29, 1.82) is 0 Å². The average molecular weight is 397 g/mol. The van der Waals surface area contributed by atoms with Crippen LogP contribution in [-0.4, -0.2) is 25.3 Å². The minimum atomic E-state index is -3.33. The Balaban J connectivity index is 1.96. The molecule has 2 aromatic carbocycles. The van der Waals surface area contributed by atoms with E-state index in [4.69, 9.17) is 0 Å². The van der Waals surface area contributed by atoms with Crippen molar-refractivity contribution in [3.05, 3.63) is 59.0 Å². The molecular formula is C22H24N2O3S. The highest BCUT2D eigenvalue weighted by molar-refractivity contribution is 7.91. The van der Waals surface area contributed by atoms with Crippen molar-refractivity contribution in [1.82, 2.24) is 4.57 Å². The van der Waals surface area contributed by atoms with Gasteiger partial charge in [-0.05, 0) is 48.4 Å². The number of aromatic nitrogens is 1. The number of fused-ring (bicyclic) bond motifs is 1. The number of pyridine rings is 1. The van der Waals surface area contributed by atoms with Gasteiger partial charge in [-0.15, -0.1) is 0 Å². The fourth-order valence-electron chi connectivity index (χ4n) is 3.47. The molecule has 0 saturated heterocycles. The van der Waals surface area contributed by atoms with E-state index in [0.29, 0.717) is 16.2 Å². The van der Waals surface area contributed by atoms with Gasteiger partial charge in [-0.2, -0.15) is 0 Å². The summed E-state index contributed by atoms with van der Waals surface area (Å²) in [5.41, 5.74) is 2.49. The molecule has 0 aliphatic heterocycles. The van der Waals surface area contributed by atoms with Gasteiger partial charge in [0.15, 0.2) is 9.84 Å². The second-order valence-electron chi connectivity index (χ2n) is 7.44. The van der Waals surface area contributed by atoms with Crippen LogP contribution in [-0.2, 0) is 16.9 Å². The Bertz CT molecular complexity index is 1210. The van der Waals surface area contributed by atoms with Gasteiger partial charge < -0.3 is 9.88 Å². The Hall–Kier alpha value is -2.60. The first-order valence-electron chi connectivity index (χ1n) is 9.60. The molecule has 6 heteroatoms. The van der Waals surface area contributed by atoms with Gasteiger partial charge in [0.05, 0.1) is 10.6 Å². The largest absolute Gasteiger partial charge is 0.384 e. The summed E-state index contributed by atoms with van der Waals surface area (Å²) in [6.45, 7) is 2.52. The van der Waals surface area contributed by atoms with E-state index in [1.807, 2.05) is 30.3 Å². The van der Waals surface area contributed by atoms with Crippen LogP contribution in [0.3, 0.4) is 0 Å². The van der Waals surface area contributed by atoms with Crippen LogP contribution in [0, 0.1) is 5.92 Å². The first kappa shape index (κ1) is 18.7. The monoisotopic (exact) mass is 396 g/mol. The number of anilines is 1. The zero-order valence-corrected chi connectivity index (χ0v) is 16.9. The molecule has 28 heavy (non-hydrogen) atoms. The number of benzene rings is 2. The lowest BCUT2D eigenvalue weighted by Crippen LogP contribution is -2.17. The smallest absolute Gasteiger partial charge is 0.258 e. The van der Waals surface area contributed by atoms with Gasteiger partial charge in [0.1, 0.15) is 0 Å². The molecule has 1 N–H and O–H groups in total. The lowest BCUT2D eigenvalue weighted by Gasteiger charge is -2.16. The van der Waals surface area contributed by atoms with E-state index >= 15 is 0 Å². The molecule has 0 radical (unpaired) electrons. The van der Waals surface area contributed by atoms with Gasteiger partial charge in [0.2, 0.25) is 0 Å². The Morgan fingerprint density at radius 2 is 1.79 bits per heavy atom. The SMILES string of the molecule is CCS(=O)(=O)c1ccc(NCC2CC2)c(-c2cn(C)c(=O)c3ccccc23)c1. The lowest BCUT2D eigenvalue weighted by atomic mass is 9.99.